The lowest BCUT2D eigenvalue weighted by atomic mass is 9.92. The summed E-state index contributed by atoms with van der Waals surface area (Å²) in [6, 6.07) is 3.80. The van der Waals surface area contributed by atoms with Gasteiger partial charge in [0, 0.05) is 31.8 Å². The molecule has 2 aliphatic rings. The van der Waals surface area contributed by atoms with E-state index in [0.717, 1.165) is 31.2 Å². The predicted octanol–water partition coefficient (Wildman–Crippen LogP) is 3.32. The molecule has 2 amide bonds. The van der Waals surface area contributed by atoms with E-state index in [-0.39, 0.29) is 17.9 Å². The van der Waals surface area contributed by atoms with Crippen molar-refractivity contribution >= 4 is 22.9 Å². The molecule has 1 unspecified atom stereocenters. The Bertz CT molecular complexity index is 878. The lowest BCUT2D eigenvalue weighted by Gasteiger charge is -2.44. The number of fused-ring (bicyclic) bond motifs is 3. The van der Waals surface area contributed by atoms with Gasteiger partial charge in [-0.15, -0.1) is 0 Å². The highest BCUT2D eigenvalue weighted by atomic mass is 16.5. The minimum Gasteiger partial charge on any atom is -0.463 e. The van der Waals surface area contributed by atoms with Gasteiger partial charge < -0.3 is 23.9 Å². The van der Waals surface area contributed by atoms with Crippen molar-refractivity contribution in [2.75, 3.05) is 20.3 Å². The first-order valence-electron chi connectivity index (χ1n) is 10.7. The lowest BCUT2D eigenvalue weighted by Crippen LogP contribution is -2.65. The van der Waals surface area contributed by atoms with Crippen molar-refractivity contribution in [3.05, 3.63) is 24.1 Å². The van der Waals surface area contributed by atoms with Crippen molar-refractivity contribution in [1.29, 1.82) is 0 Å². The monoisotopic (exact) mass is 401 g/mol. The number of carbonyl (C=O) groups excluding carboxylic acids is 2. The summed E-state index contributed by atoms with van der Waals surface area (Å²) < 4.78 is 12.6. The molecule has 0 bridgehead atoms. The fraction of sp³-hybridized carbons (Fsp3) is 0.636. The molecule has 1 aliphatic heterocycles. The Balaban J connectivity index is 1.63. The van der Waals surface area contributed by atoms with Crippen molar-refractivity contribution < 1.29 is 18.7 Å². The fourth-order valence-corrected chi connectivity index (χ4v) is 4.75. The van der Waals surface area contributed by atoms with Gasteiger partial charge in [-0.3, -0.25) is 9.59 Å². The van der Waals surface area contributed by atoms with Crippen molar-refractivity contribution in [1.82, 2.24) is 14.8 Å². The summed E-state index contributed by atoms with van der Waals surface area (Å²) in [6.45, 7) is 3.03. The van der Waals surface area contributed by atoms with Gasteiger partial charge in [-0.1, -0.05) is 32.1 Å². The van der Waals surface area contributed by atoms with Crippen molar-refractivity contribution in [2.24, 2.45) is 0 Å². The van der Waals surface area contributed by atoms with Crippen LogP contribution < -0.4 is 5.32 Å². The molecule has 7 heteroatoms. The van der Waals surface area contributed by atoms with E-state index in [1.807, 2.05) is 17.6 Å². The summed E-state index contributed by atoms with van der Waals surface area (Å²) in [6.07, 6.45) is 9.67. The SMILES string of the molecule is COCCN1C(=O)c2cc3occc3n2CC1(C)C(=O)NC1CCCCCCC1. The Labute approximate surface area is 171 Å². The number of hydrogen-bond donors (Lipinski definition) is 1. The van der Waals surface area contributed by atoms with Crippen LogP contribution in [0, 0.1) is 0 Å². The van der Waals surface area contributed by atoms with E-state index in [1.54, 1.807) is 24.3 Å². The Morgan fingerprint density at radius 1 is 1.28 bits per heavy atom. The minimum atomic E-state index is -0.978. The molecule has 1 fully saturated rings. The number of nitrogens with zero attached hydrogens (tertiary/aromatic N) is 2. The number of amides is 2. The molecule has 7 nitrogen and oxygen atoms in total. The van der Waals surface area contributed by atoms with Gasteiger partial charge in [0.25, 0.3) is 5.91 Å². The molecule has 29 heavy (non-hydrogen) atoms. The number of hydrogen-bond acceptors (Lipinski definition) is 4. The molecule has 0 aromatic carbocycles. The predicted molar refractivity (Wildman–Crippen MR) is 110 cm³/mol. The van der Waals surface area contributed by atoms with Crippen molar-refractivity contribution in [2.45, 2.75) is 70.0 Å². The topological polar surface area (TPSA) is 76.7 Å². The summed E-state index contributed by atoms with van der Waals surface area (Å²) in [5, 5.41) is 3.28. The number of nitrogens with one attached hydrogen (secondary N) is 1. The highest BCUT2D eigenvalue weighted by Gasteiger charge is 2.48. The normalized spacial score (nSPS) is 23.7. The maximum absolute atomic E-state index is 13.5. The van der Waals surface area contributed by atoms with Gasteiger partial charge >= 0.3 is 0 Å². The van der Waals surface area contributed by atoms with Crippen LogP contribution in [0.4, 0.5) is 0 Å². The molecule has 2 aromatic heterocycles. The molecule has 2 aromatic rings. The van der Waals surface area contributed by atoms with Crippen LogP contribution in [0.15, 0.2) is 22.8 Å². The number of methoxy groups -OCH3 is 1. The molecule has 0 saturated heterocycles. The largest absolute Gasteiger partial charge is 0.463 e. The van der Waals surface area contributed by atoms with Crippen LogP contribution in [0.2, 0.25) is 0 Å². The number of aromatic nitrogens is 1. The van der Waals surface area contributed by atoms with Gasteiger partial charge in [0.15, 0.2) is 5.58 Å². The van der Waals surface area contributed by atoms with Gasteiger partial charge in [-0.2, -0.15) is 0 Å². The number of ether oxygens (including phenoxy) is 1. The molecule has 1 atom stereocenters. The second kappa shape index (κ2) is 8.22. The average molecular weight is 402 g/mol. The summed E-state index contributed by atoms with van der Waals surface area (Å²) in [5.41, 5.74) is 1.11. The smallest absolute Gasteiger partial charge is 0.271 e. The standard InChI is InChI=1S/C22H31N3O4/c1-22(21(27)23-16-8-6-4-3-5-7-9-16)15-24-17-10-12-29-19(17)14-18(24)20(26)25(22)11-13-28-2/h10,12,14,16H,3-9,11,13,15H2,1-2H3,(H,23,27). The second-order valence-corrected chi connectivity index (χ2v) is 8.52. The van der Waals surface area contributed by atoms with E-state index in [0.29, 0.717) is 31.0 Å². The highest BCUT2D eigenvalue weighted by molar-refractivity contribution is 6.02. The zero-order valence-corrected chi connectivity index (χ0v) is 17.4. The quantitative estimate of drug-likeness (QED) is 0.834. The minimum absolute atomic E-state index is 0.0801. The Hall–Kier alpha value is -2.28. The Morgan fingerprint density at radius 3 is 2.72 bits per heavy atom. The molecule has 158 valence electrons. The molecular weight excluding hydrogens is 370 g/mol. The number of rotatable bonds is 5. The highest BCUT2D eigenvalue weighted by Crippen LogP contribution is 2.33. The summed E-state index contributed by atoms with van der Waals surface area (Å²) in [7, 11) is 1.61. The van der Waals surface area contributed by atoms with Crippen molar-refractivity contribution in [3.63, 3.8) is 0 Å². The van der Waals surface area contributed by atoms with Gasteiger partial charge in [-0.05, 0) is 19.8 Å². The molecule has 1 aliphatic carbocycles. The molecular formula is C22H31N3O4. The first kappa shape index (κ1) is 20.0. The van der Waals surface area contributed by atoms with Crippen molar-refractivity contribution in [3.8, 4) is 0 Å². The summed E-state index contributed by atoms with van der Waals surface area (Å²) in [4.78, 5) is 28.5. The van der Waals surface area contributed by atoms with Gasteiger partial charge in [0.05, 0.1) is 24.9 Å². The molecule has 0 spiro atoms. The van der Waals surface area contributed by atoms with Crippen LogP contribution in [0.25, 0.3) is 11.1 Å². The first-order valence-corrected chi connectivity index (χ1v) is 10.7. The van der Waals surface area contributed by atoms with Crippen LogP contribution >= 0.6 is 0 Å². The van der Waals surface area contributed by atoms with Gasteiger partial charge in [-0.25, -0.2) is 0 Å². The van der Waals surface area contributed by atoms with E-state index in [2.05, 4.69) is 5.32 Å². The maximum Gasteiger partial charge on any atom is 0.271 e. The number of furan rings is 1. The maximum atomic E-state index is 13.5. The van der Waals surface area contributed by atoms with E-state index >= 15 is 0 Å². The zero-order valence-electron chi connectivity index (χ0n) is 17.4. The lowest BCUT2D eigenvalue weighted by molar-refractivity contribution is -0.134. The Morgan fingerprint density at radius 2 is 2.00 bits per heavy atom. The van der Waals surface area contributed by atoms with E-state index in [9.17, 15) is 9.59 Å². The first-order chi connectivity index (χ1) is 14.0. The van der Waals surface area contributed by atoms with Crippen LogP contribution in [0.3, 0.4) is 0 Å². The van der Waals surface area contributed by atoms with E-state index < -0.39 is 5.54 Å². The summed E-state index contributed by atoms with van der Waals surface area (Å²) in [5.74, 6) is -0.237. The number of carbonyl (C=O) groups is 2. The molecule has 1 N–H and O–H groups in total. The Kier molecular flexibility index (Phi) is 5.67. The third-order valence-corrected chi connectivity index (χ3v) is 6.50. The van der Waals surface area contributed by atoms with Crippen LogP contribution in [-0.2, 0) is 16.1 Å². The van der Waals surface area contributed by atoms with Gasteiger partial charge in [0.1, 0.15) is 11.2 Å². The molecule has 1 saturated carbocycles. The average Bonchev–Trinajstić information content (AvgIpc) is 3.26. The van der Waals surface area contributed by atoms with Gasteiger partial charge in [0.2, 0.25) is 5.91 Å². The van der Waals surface area contributed by atoms with E-state index in [4.69, 9.17) is 9.15 Å². The van der Waals surface area contributed by atoms with E-state index in [1.165, 1.54) is 19.3 Å². The van der Waals surface area contributed by atoms with Crippen LogP contribution in [0.5, 0.6) is 0 Å². The van der Waals surface area contributed by atoms with Crippen LogP contribution in [0.1, 0.15) is 62.4 Å². The molecule has 4 rings (SSSR count). The zero-order chi connectivity index (χ0) is 20.4. The molecule has 3 heterocycles. The van der Waals surface area contributed by atoms with Crippen LogP contribution in [-0.4, -0.2) is 53.1 Å². The second-order valence-electron chi connectivity index (χ2n) is 8.52. The fourth-order valence-electron chi connectivity index (χ4n) is 4.75. The third-order valence-electron chi connectivity index (χ3n) is 6.50. The summed E-state index contributed by atoms with van der Waals surface area (Å²) >= 11 is 0. The molecule has 0 radical (unpaired) electrons. The third kappa shape index (κ3) is 3.68.